The van der Waals surface area contributed by atoms with Crippen molar-refractivity contribution >= 4 is 5.97 Å². The number of rotatable bonds is 4. The van der Waals surface area contributed by atoms with Crippen LogP contribution in [0.3, 0.4) is 0 Å². The standard InChI is InChI=1S/C13H26N2O2/c1-5-10(2)15-9-11(8-12(16)17)14-7-6-13(15,3)4/h10-11,14H,5-9H2,1-4H3,(H,16,17). The highest BCUT2D eigenvalue weighted by Crippen LogP contribution is 2.25. The monoisotopic (exact) mass is 242 g/mol. The maximum absolute atomic E-state index is 10.8. The molecular weight excluding hydrogens is 216 g/mol. The molecule has 0 aromatic heterocycles. The Labute approximate surface area is 104 Å². The molecule has 2 atom stereocenters. The van der Waals surface area contributed by atoms with Crippen LogP contribution in [0.1, 0.15) is 47.0 Å². The third-order valence-electron chi connectivity index (χ3n) is 3.91. The second-order valence-electron chi connectivity index (χ2n) is 5.72. The summed E-state index contributed by atoms with van der Waals surface area (Å²) >= 11 is 0. The van der Waals surface area contributed by atoms with E-state index in [1.54, 1.807) is 0 Å². The highest BCUT2D eigenvalue weighted by molar-refractivity contribution is 5.67. The second kappa shape index (κ2) is 5.83. The predicted octanol–water partition coefficient (Wildman–Crippen LogP) is 1.70. The van der Waals surface area contributed by atoms with Crippen LogP contribution < -0.4 is 5.32 Å². The first kappa shape index (κ1) is 14.5. The average molecular weight is 242 g/mol. The van der Waals surface area contributed by atoms with E-state index in [1.807, 2.05) is 0 Å². The Bertz CT molecular complexity index is 266. The maximum Gasteiger partial charge on any atom is 0.304 e. The lowest BCUT2D eigenvalue weighted by Gasteiger charge is -2.42. The Kier molecular flexibility index (Phi) is 4.95. The molecule has 0 amide bonds. The molecule has 1 aliphatic rings. The van der Waals surface area contributed by atoms with E-state index in [1.165, 1.54) is 0 Å². The first-order valence-electron chi connectivity index (χ1n) is 6.58. The largest absolute Gasteiger partial charge is 0.481 e. The molecule has 0 aromatic carbocycles. The van der Waals surface area contributed by atoms with Crippen molar-refractivity contribution in [3.63, 3.8) is 0 Å². The van der Waals surface area contributed by atoms with Crippen molar-refractivity contribution in [3.8, 4) is 0 Å². The van der Waals surface area contributed by atoms with Crippen LogP contribution in [0, 0.1) is 0 Å². The minimum absolute atomic E-state index is 0.0725. The number of hydrogen-bond donors (Lipinski definition) is 2. The highest BCUT2D eigenvalue weighted by atomic mass is 16.4. The van der Waals surface area contributed by atoms with E-state index in [0.29, 0.717) is 6.04 Å². The van der Waals surface area contributed by atoms with Crippen LogP contribution in [0.15, 0.2) is 0 Å². The Hall–Kier alpha value is -0.610. The first-order chi connectivity index (χ1) is 7.86. The van der Waals surface area contributed by atoms with E-state index in [2.05, 4.69) is 37.9 Å². The lowest BCUT2D eigenvalue weighted by molar-refractivity contribution is -0.137. The van der Waals surface area contributed by atoms with Gasteiger partial charge < -0.3 is 10.4 Å². The zero-order valence-electron chi connectivity index (χ0n) is 11.5. The minimum Gasteiger partial charge on any atom is -0.481 e. The summed E-state index contributed by atoms with van der Waals surface area (Å²) in [6.07, 6.45) is 2.37. The summed E-state index contributed by atoms with van der Waals surface area (Å²) < 4.78 is 0. The van der Waals surface area contributed by atoms with Crippen molar-refractivity contribution in [3.05, 3.63) is 0 Å². The molecule has 1 rings (SSSR count). The topological polar surface area (TPSA) is 52.6 Å². The molecule has 17 heavy (non-hydrogen) atoms. The van der Waals surface area contributed by atoms with E-state index in [-0.39, 0.29) is 18.0 Å². The number of carboxylic acid groups (broad SMARTS) is 1. The van der Waals surface area contributed by atoms with Gasteiger partial charge in [-0.3, -0.25) is 9.69 Å². The number of carboxylic acids is 1. The molecule has 2 unspecified atom stereocenters. The van der Waals surface area contributed by atoms with Gasteiger partial charge in [-0.05, 0) is 40.2 Å². The molecule has 1 fully saturated rings. The smallest absolute Gasteiger partial charge is 0.304 e. The zero-order valence-corrected chi connectivity index (χ0v) is 11.5. The number of carbonyl (C=O) groups is 1. The van der Waals surface area contributed by atoms with Crippen LogP contribution in [0.25, 0.3) is 0 Å². The number of nitrogens with one attached hydrogen (secondary N) is 1. The van der Waals surface area contributed by atoms with Crippen molar-refractivity contribution in [1.82, 2.24) is 10.2 Å². The first-order valence-corrected chi connectivity index (χ1v) is 6.58. The zero-order chi connectivity index (χ0) is 13.1. The molecule has 2 N–H and O–H groups in total. The third kappa shape index (κ3) is 3.96. The minimum atomic E-state index is -0.716. The van der Waals surface area contributed by atoms with Crippen LogP contribution in [-0.4, -0.2) is 46.7 Å². The molecule has 4 heteroatoms. The van der Waals surface area contributed by atoms with Crippen molar-refractivity contribution in [2.75, 3.05) is 13.1 Å². The molecule has 0 bridgehead atoms. The quantitative estimate of drug-likeness (QED) is 0.788. The van der Waals surface area contributed by atoms with E-state index in [9.17, 15) is 4.79 Å². The van der Waals surface area contributed by atoms with Gasteiger partial charge in [0.25, 0.3) is 0 Å². The summed E-state index contributed by atoms with van der Waals surface area (Å²) in [4.78, 5) is 13.3. The summed E-state index contributed by atoms with van der Waals surface area (Å²) in [6.45, 7) is 10.6. The van der Waals surface area contributed by atoms with Gasteiger partial charge in [0.05, 0.1) is 6.42 Å². The van der Waals surface area contributed by atoms with Crippen LogP contribution >= 0.6 is 0 Å². The average Bonchev–Trinajstić information content (AvgIpc) is 2.36. The van der Waals surface area contributed by atoms with Crippen LogP contribution in [0.2, 0.25) is 0 Å². The number of nitrogens with zero attached hydrogens (tertiary/aromatic N) is 1. The fourth-order valence-corrected chi connectivity index (χ4v) is 2.62. The second-order valence-corrected chi connectivity index (χ2v) is 5.72. The highest BCUT2D eigenvalue weighted by Gasteiger charge is 2.34. The summed E-state index contributed by atoms with van der Waals surface area (Å²) in [7, 11) is 0. The van der Waals surface area contributed by atoms with E-state index in [4.69, 9.17) is 5.11 Å². The Morgan fingerprint density at radius 1 is 1.59 bits per heavy atom. The van der Waals surface area contributed by atoms with Crippen molar-refractivity contribution in [2.45, 2.75) is 64.6 Å². The number of aliphatic carboxylic acids is 1. The van der Waals surface area contributed by atoms with Crippen LogP contribution in [0.4, 0.5) is 0 Å². The summed E-state index contributed by atoms with van der Waals surface area (Å²) in [6, 6.07) is 0.574. The van der Waals surface area contributed by atoms with Crippen molar-refractivity contribution < 1.29 is 9.90 Å². The molecular formula is C13H26N2O2. The van der Waals surface area contributed by atoms with Gasteiger partial charge in [-0.15, -0.1) is 0 Å². The molecule has 100 valence electrons. The molecule has 0 spiro atoms. The van der Waals surface area contributed by atoms with Gasteiger partial charge in [-0.1, -0.05) is 6.92 Å². The molecule has 1 aliphatic heterocycles. The Morgan fingerprint density at radius 2 is 2.24 bits per heavy atom. The van der Waals surface area contributed by atoms with E-state index < -0.39 is 5.97 Å². The number of hydrogen-bond acceptors (Lipinski definition) is 3. The Balaban J connectivity index is 2.76. The van der Waals surface area contributed by atoms with Crippen molar-refractivity contribution in [1.29, 1.82) is 0 Å². The normalized spacial score (nSPS) is 27.4. The van der Waals surface area contributed by atoms with Gasteiger partial charge in [0.1, 0.15) is 0 Å². The predicted molar refractivity (Wildman–Crippen MR) is 69.2 cm³/mol. The van der Waals surface area contributed by atoms with Gasteiger partial charge in [-0.25, -0.2) is 0 Å². The molecule has 0 radical (unpaired) electrons. The van der Waals surface area contributed by atoms with Gasteiger partial charge >= 0.3 is 5.97 Å². The van der Waals surface area contributed by atoms with Crippen LogP contribution in [-0.2, 0) is 4.79 Å². The van der Waals surface area contributed by atoms with E-state index >= 15 is 0 Å². The summed E-state index contributed by atoms with van der Waals surface area (Å²) in [5, 5.41) is 12.3. The molecule has 0 aliphatic carbocycles. The molecule has 1 saturated heterocycles. The van der Waals surface area contributed by atoms with Crippen LogP contribution in [0.5, 0.6) is 0 Å². The molecule has 4 nitrogen and oxygen atoms in total. The lowest BCUT2D eigenvalue weighted by atomic mass is 9.95. The molecule has 0 aromatic rings. The van der Waals surface area contributed by atoms with Gasteiger partial charge in [0.15, 0.2) is 0 Å². The lowest BCUT2D eigenvalue weighted by Crippen LogP contribution is -2.51. The SMILES string of the molecule is CCC(C)N1CC(CC(=O)O)NCCC1(C)C. The fraction of sp³-hybridized carbons (Fsp3) is 0.923. The van der Waals surface area contributed by atoms with Crippen molar-refractivity contribution in [2.24, 2.45) is 0 Å². The fourth-order valence-electron chi connectivity index (χ4n) is 2.62. The van der Waals surface area contributed by atoms with Gasteiger partial charge in [-0.2, -0.15) is 0 Å². The third-order valence-corrected chi connectivity index (χ3v) is 3.91. The molecule has 0 saturated carbocycles. The summed E-state index contributed by atoms with van der Waals surface area (Å²) in [5.74, 6) is -0.716. The maximum atomic E-state index is 10.8. The Morgan fingerprint density at radius 3 is 2.76 bits per heavy atom. The molecule has 1 heterocycles. The van der Waals surface area contributed by atoms with Gasteiger partial charge in [0, 0.05) is 24.2 Å². The van der Waals surface area contributed by atoms with Gasteiger partial charge in [0.2, 0.25) is 0 Å². The van der Waals surface area contributed by atoms with E-state index in [0.717, 1.165) is 25.9 Å². The summed E-state index contributed by atoms with van der Waals surface area (Å²) in [5.41, 5.74) is 0.148.